The van der Waals surface area contributed by atoms with Crippen LogP contribution < -0.4 is 15.0 Å². The Kier molecular flexibility index (Phi) is 6.79. The highest BCUT2D eigenvalue weighted by Gasteiger charge is 2.16. The molecule has 30 heavy (non-hydrogen) atoms. The second kappa shape index (κ2) is 9.69. The van der Waals surface area contributed by atoms with Crippen molar-refractivity contribution in [2.45, 2.75) is 13.1 Å². The summed E-state index contributed by atoms with van der Waals surface area (Å²) >= 11 is 0. The monoisotopic (exact) mass is 411 g/mol. The molecule has 0 saturated heterocycles. The van der Waals surface area contributed by atoms with Crippen LogP contribution in [0.4, 0.5) is 4.39 Å². The van der Waals surface area contributed by atoms with E-state index in [9.17, 15) is 14.0 Å². The Hall–Kier alpha value is -3.68. The number of carbonyl (C=O) groups is 1. The van der Waals surface area contributed by atoms with Crippen LogP contribution in [0.2, 0.25) is 0 Å². The number of benzene rings is 2. The van der Waals surface area contributed by atoms with Crippen LogP contribution in [0.5, 0.6) is 11.5 Å². The molecule has 0 spiro atoms. The van der Waals surface area contributed by atoms with Crippen molar-refractivity contribution in [1.29, 1.82) is 0 Å². The Morgan fingerprint density at radius 3 is 2.60 bits per heavy atom. The molecule has 0 unspecified atom stereocenters. The first kappa shape index (κ1) is 21.0. The molecule has 1 aromatic heterocycles. The molecule has 0 radical (unpaired) electrons. The molecule has 3 aromatic rings. The standard InChI is InChI=1S/C22H22FN3O4/c1-25(15-16-8-10-20(29-2)18(23)14-16)22(28)19-9-11-21(27)26(24-19)12-13-30-17-6-4-3-5-7-17/h3-11,14H,12-13,15H2,1-2H3. The maximum Gasteiger partial charge on any atom is 0.274 e. The zero-order chi connectivity index (χ0) is 21.5. The summed E-state index contributed by atoms with van der Waals surface area (Å²) in [5, 5.41) is 4.15. The molecule has 0 fully saturated rings. The molecule has 2 aromatic carbocycles. The number of carbonyl (C=O) groups excluding carboxylic acids is 1. The summed E-state index contributed by atoms with van der Waals surface area (Å²) in [7, 11) is 2.97. The van der Waals surface area contributed by atoms with E-state index in [1.165, 1.54) is 41.0 Å². The van der Waals surface area contributed by atoms with E-state index >= 15 is 0 Å². The highest BCUT2D eigenvalue weighted by molar-refractivity contribution is 5.91. The molecule has 0 saturated carbocycles. The molecule has 3 rings (SSSR count). The molecule has 1 heterocycles. The number of nitrogens with zero attached hydrogens (tertiary/aromatic N) is 3. The van der Waals surface area contributed by atoms with Gasteiger partial charge in [0.05, 0.1) is 13.7 Å². The predicted molar refractivity (Wildman–Crippen MR) is 109 cm³/mol. The van der Waals surface area contributed by atoms with Crippen molar-refractivity contribution in [2.75, 3.05) is 20.8 Å². The fraction of sp³-hybridized carbons (Fsp3) is 0.227. The van der Waals surface area contributed by atoms with Crippen molar-refractivity contribution >= 4 is 5.91 Å². The van der Waals surface area contributed by atoms with Crippen LogP contribution in [-0.4, -0.2) is 41.4 Å². The van der Waals surface area contributed by atoms with Crippen molar-refractivity contribution in [1.82, 2.24) is 14.7 Å². The lowest BCUT2D eigenvalue weighted by Gasteiger charge is -2.17. The summed E-state index contributed by atoms with van der Waals surface area (Å²) in [4.78, 5) is 26.2. The second-order valence-electron chi connectivity index (χ2n) is 6.57. The third-order valence-corrected chi connectivity index (χ3v) is 4.38. The van der Waals surface area contributed by atoms with Crippen molar-refractivity contribution < 1.29 is 18.7 Å². The van der Waals surface area contributed by atoms with Gasteiger partial charge in [0.25, 0.3) is 11.5 Å². The SMILES string of the molecule is COc1ccc(CN(C)C(=O)c2ccc(=O)n(CCOc3ccccc3)n2)cc1F. The van der Waals surface area contributed by atoms with Gasteiger partial charge in [0.2, 0.25) is 0 Å². The first-order chi connectivity index (χ1) is 14.5. The Labute approximate surface area is 173 Å². The average molecular weight is 411 g/mol. The van der Waals surface area contributed by atoms with E-state index in [-0.39, 0.29) is 42.6 Å². The maximum absolute atomic E-state index is 13.9. The number of para-hydroxylation sites is 1. The number of amides is 1. The van der Waals surface area contributed by atoms with Gasteiger partial charge in [0.15, 0.2) is 11.6 Å². The smallest absolute Gasteiger partial charge is 0.274 e. The molecule has 156 valence electrons. The van der Waals surface area contributed by atoms with Gasteiger partial charge in [-0.1, -0.05) is 24.3 Å². The average Bonchev–Trinajstić information content (AvgIpc) is 2.75. The molecule has 0 bridgehead atoms. The van der Waals surface area contributed by atoms with E-state index < -0.39 is 5.82 Å². The van der Waals surface area contributed by atoms with Crippen LogP contribution in [0.15, 0.2) is 65.5 Å². The van der Waals surface area contributed by atoms with E-state index in [0.29, 0.717) is 11.3 Å². The first-order valence-corrected chi connectivity index (χ1v) is 9.32. The van der Waals surface area contributed by atoms with Crippen LogP contribution in [-0.2, 0) is 13.1 Å². The van der Waals surface area contributed by atoms with Gasteiger partial charge in [0.1, 0.15) is 18.1 Å². The van der Waals surface area contributed by atoms with Crippen molar-refractivity contribution in [2.24, 2.45) is 0 Å². The Bertz CT molecular complexity index is 1070. The minimum absolute atomic E-state index is 0.116. The Morgan fingerprint density at radius 2 is 1.90 bits per heavy atom. The van der Waals surface area contributed by atoms with Crippen molar-refractivity contribution in [3.8, 4) is 11.5 Å². The van der Waals surface area contributed by atoms with Gasteiger partial charge >= 0.3 is 0 Å². The van der Waals surface area contributed by atoms with E-state index in [2.05, 4.69) is 5.10 Å². The predicted octanol–water partition coefficient (Wildman–Crippen LogP) is 2.74. The van der Waals surface area contributed by atoms with E-state index in [1.54, 1.807) is 13.1 Å². The van der Waals surface area contributed by atoms with Gasteiger partial charge in [-0.3, -0.25) is 9.59 Å². The second-order valence-corrected chi connectivity index (χ2v) is 6.57. The summed E-state index contributed by atoms with van der Waals surface area (Å²) in [5.41, 5.74) is 0.391. The normalized spacial score (nSPS) is 10.5. The number of halogens is 1. The quantitative estimate of drug-likeness (QED) is 0.570. The zero-order valence-corrected chi connectivity index (χ0v) is 16.7. The lowest BCUT2D eigenvalue weighted by Crippen LogP contribution is -2.31. The van der Waals surface area contributed by atoms with E-state index in [0.717, 1.165) is 0 Å². The summed E-state index contributed by atoms with van der Waals surface area (Å²) < 4.78 is 25.5. The van der Waals surface area contributed by atoms with Crippen LogP contribution in [0.3, 0.4) is 0 Å². The van der Waals surface area contributed by atoms with Crippen molar-refractivity contribution in [3.05, 3.63) is 88.1 Å². The number of ether oxygens (including phenoxy) is 2. The fourth-order valence-corrected chi connectivity index (χ4v) is 2.84. The van der Waals surface area contributed by atoms with Gasteiger partial charge in [-0.05, 0) is 35.9 Å². The molecular weight excluding hydrogens is 389 g/mol. The van der Waals surface area contributed by atoms with Gasteiger partial charge < -0.3 is 14.4 Å². The van der Waals surface area contributed by atoms with Crippen LogP contribution in [0, 0.1) is 5.82 Å². The van der Waals surface area contributed by atoms with Gasteiger partial charge in [-0.15, -0.1) is 0 Å². The maximum atomic E-state index is 13.9. The number of rotatable bonds is 8. The van der Waals surface area contributed by atoms with E-state index in [4.69, 9.17) is 9.47 Å². The van der Waals surface area contributed by atoms with Crippen molar-refractivity contribution in [3.63, 3.8) is 0 Å². The first-order valence-electron chi connectivity index (χ1n) is 9.32. The molecule has 0 aliphatic rings. The van der Waals surface area contributed by atoms with Gasteiger partial charge in [-0.25, -0.2) is 9.07 Å². The van der Waals surface area contributed by atoms with Gasteiger partial charge in [-0.2, -0.15) is 5.10 Å². The Morgan fingerprint density at radius 1 is 1.13 bits per heavy atom. The summed E-state index contributed by atoms with van der Waals surface area (Å²) in [6, 6.07) is 16.4. The number of aromatic nitrogens is 2. The highest BCUT2D eigenvalue weighted by Crippen LogP contribution is 2.18. The molecule has 0 aliphatic heterocycles. The van der Waals surface area contributed by atoms with E-state index in [1.807, 2.05) is 30.3 Å². The topological polar surface area (TPSA) is 73.7 Å². The summed E-state index contributed by atoms with van der Waals surface area (Å²) in [6.07, 6.45) is 0. The fourth-order valence-electron chi connectivity index (χ4n) is 2.84. The minimum Gasteiger partial charge on any atom is -0.494 e. The lowest BCUT2D eigenvalue weighted by molar-refractivity contribution is 0.0775. The molecule has 1 amide bonds. The largest absolute Gasteiger partial charge is 0.494 e. The van der Waals surface area contributed by atoms with Crippen LogP contribution in [0.25, 0.3) is 0 Å². The molecule has 0 aliphatic carbocycles. The number of hydrogen-bond donors (Lipinski definition) is 0. The third-order valence-electron chi connectivity index (χ3n) is 4.38. The number of methoxy groups -OCH3 is 1. The number of hydrogen-bond acceptors (Lipinski definition) is 5. The minimum atomic E-state index is -0.499. The highest BCUT2D eigenvalue weighted by atomic mass is 19.1. The van der Waals surface area contributed by atoms with Gasteiger partial charge in [0, 0.05) is 19.7 Å². The molecule has 8 heteroatoms. The lowest BCUT2D eigenvalue weighted by atomic mass is 10.2. The molecular formula is C22H22FN3O4. The van der Waals surface area contributed by atoms with Crippen LogP contribution in [0.1, 0.15) is 16.1 Å². The Balaban J connectivity index is 1.65. The summed E-state index contributed by atoms with van der Waals surface area (Å²) in [6.45, 7) is 0.607. The molecule has 0 atom stereocenters. The third kappa shape index (κ3) is 5.22. The molecule has 0 N–H and O–H groups in total. The zero-order valence-electron chi connectivity index (χ0n) is 16.7. The molecule has 7 nitrogen and oxygen atoms in total. The summed E-state index contributed by atoms with van der Waals surface area (Å²) in [5.74, 6) is -0.0617. The van der Waals surface area contributed by atoms with Crippen LogP contribution >= 0.6 is 0 Å².